The summed E-state index contributed by atoms with van der Waals surface area (Å²) in [5.74, 6) is 0. The van der Waals surface area contributed by atoms with E-state index in [9.17, 15) is 0 Å². The van der Waals surface area contributed by atoms with E-state index in [2.05, 4.69) is 11.9 Å². The van der Waals surface area contributed by atoms with Crippen LogP contribution in [0.2, 0.25) is 0 Å². The van der Waals surface area contributed by atoms with Crippen molar-refractivity contribution < 1.29 is 32.7 Å². The summed E-state index contributed by atoms with van der Waals surface area (Å²) in [6, 6.07) is 9.92. The molecule has 0 bridgehead atoms. The minimum atomic E-state index is 0. The van der Waals surface area contributed by atoms with Crippen LogP contribution in [0, 0.1) is 14.4 Å². The van der Waals surface area contributed by atoms with Crippen molar-refractivity contribution in [2.24, 2.45) is 0 Å². The van der Waals surface area contributed by atoms with E-state index in [1.165, 1.54) is 0 Å². The Labute approximate surface area is 104 Å². The summed E-state index contributed by atoms with van der Waals surface area (Å²) in [7, 11) is 0. The first-order chi connectivity index (χ1) is 5.38. The van der Waals surface area contributed by atoms with Gasteiger partial charge in [0.05, 0.1) is 0 Å². The van der Waals surface area contributed by atoms with Gasteiger partial charge in [-0.2, -0.15) is 12.5 Å². The summed E-state index contributed by atoms with van der Waals surface area (Å²) < 4.78 is 0. The van der Waals surface area contributed by atoms with Crippen molar-refractivity contribution in [3.8, 4) is 0 Å². The third-order valence-corrected chi connectivity index (χ3v) is 1.74. The minimum Gasteiger partial charge on any atom is -0.358 e. The van der Waals surface area contributed by atoms with Gasteiger partial charge in [-0.1, -0.05) is 12.1 Å². The van der Waals surface area contributed by atoms with Gasteiger partial charge >= 0.3 is 0 Å². The van der Waals surface area contributed by atoms with Crippen molar-refractivity contribution in [1.82, 2.24) is 4.98 Å². The average Bonchev–Trinajstić information content (AvgIpc) is 2.06. The maximum absolute atomic E-state index is 4.20. The Kier molecular flexibility index (Phi) is 5.20. The molecule has 1 nitrogen and oxygen atoms in total. The molecule has 13 heavy (non-hydrogen) atoms. The Morgan fingerprint density at radius 3 is 2.46 bits per heavy atom. The Bertz CT molecular complexity index is 379. The van der Waals surface area contributed by atoms with E-state index in [0.717, 1.165) is 16.5 Å². The number of nitrogens with zero attached hydrogens (tertiary/aromatic N) is 1. The quantitative estimate of drug-likeness (QED) is 0.651. The zero-order valence-electron chi connectivity index (χ0n) is 7.70. The standard InChI is InChI=1S/C10H8N.CH3.Y/c1-8-6-7-11-10-5-3-2-4-9(8)10;;/h2-7H,1H2;1H3;/q2*-1;. The fourth-order valence-electron chi connectivity index (χ4n) is 1.16. The van der Waals surface area contributed by atoms with Crippen LogP contribution < -0.4 is 0 Å². The smallest absolute Gasteiger partial charge is 0.0145 e. The van der Waals surface area contributed by atoms with Gasteiger partial charge in [0, 0.05) is 38.2 Å². The Balaban J connectivity index is 0.000000720. The fraction of sp³-hybridized carbons (Fsp3) is 0. The third-order valence-electron chi connectivity index (χ3n) is 1.74. The zero-order chi connectivity index (χ0) is 7.68. The molecule has 0 saturated carbocycles. The molecule has 65 valence electrons. The number of para-hydroxylation sites is 1. The van der Waals surface area contributed by atoms with Gasteiger partial charge < -0.3 is 7.43 Å². The SMILES string of the molecule is [CH2-]c1ccnc2ccccc12.[CH3-].[Y]. The monoisotopic (exact) mass is 246 g/mol. The van der Waals surface area contributed by atoms with E-state index in [0.29, 0.717) is 0 Å². The number of fused-ring (bicyclic) bond motifs is 1. The van der Waals surface area contributed by atoms with Crippen LogP contribution in [0.15, 0.2) is 36.5 Å². The molecule has 0 spiro atoms. The second-order valence-corrected chi connectivity index (χ2v) is 2.49. The number of hydrogen-bond acceptors (Lipinski definition) is 1. The summed E-state index contributed by atoms with van der Waals surface area (Å²) in [5, 5.41) is 1.13. The summed E-state index contributed by atoms with van der Waals surface area (Å²) in [4.78, 5) is 4.20. The van der Waals surface area contributed by atoms with Crippen LogP contribution in [0.5, 0.6) is 0 Å². The molecule has 0 saturated heterocycles. The van der Waals surface area contributed by atoms with Gasteiger partial charge in [0.2, 0.25) is 0 Å². The first-order valence-corrected chi connectivity index (χ1v) is 3.53. The molecule has 0 aliphatic heterocycles. The van der Waals surface area contributed by atoms with E-state index in [1.807, 2.05) is 30.3 Å². The van der Waals surface area contributed by atoms with Crippen LogP contribution in [0.1, 0.15) is 5.56 Å². The zero-order valence-corrected chi connectivity index (χ0v) is 10.5. The van der Waals surface area contributed by atoms with Gasteiger partial charge in [-0.05, 0) is 12.3 Å². The molecule has 0 atom stereocenters. The van der Waals surface area contributed by atoms with Gasteiger partial charge in [-0.25, -0.2) is 0 Å². The molecule has 0 aliphatic carbocycles. The molecule has 1 radical (unpaired) electrons. The van der Waals surface area contributed by atoms with Gasteiger partial charge in [0.15, 0.2) is 0 Å². The van der Waals surface area contributed by atoms with Gasteiger partial charge in [-0.3, -0.25) is 4.98 Å². The van der Waals surface area contributed by atoms with E-state index < -0.39 is 0 Å². The number of pyridine rings is 1. The maximum Gasteiger partial charge on any atom is 0.0145 e. The van der Waals surface area contributed by atoms with Crippen LogP contribution in [-0.2, 0) is 32.7 Å². The first kappa shape index (κ1) is 12.6. The van der Waals surface area contributed by atoms with Gasteiger partial charge in [-0.15, -0.1) is 17.5 Å². The Hall–Kier alpha value is -0.396. The largest absolute Gasteiger partial charge is 0.358 e. The predicted molar refractivity (Wildman–Crippen MR) is 52.6 cm³/mol. The summed E-state index contributed by atoms with van der Waals surface area (Å²) in [6.45, 7) is 3.91. The van der Waals surface area contributed by atoms with Crippen molar-refractivity contribution >= 4 is 10.9 Å². The topological polar surface area (TPSA) is 12.9 Å². The Morgan fingerprint density at radius 1 is 1.08 bits per heavy atom. The number of hydrogen-bond donors (Lipinski definition) is 0. The van der Waals surface area contributed by atoms with Crippen molar-refractivity contribution in [3.05, 3.63) is 56.4 Å². The molecule has 2 heteroatoms. The molecular formula is C11H11NY-2. The molecule has 1 aromatic heterocycles. The van der Waals surface area contributed by atoms with E-state index in [1.54, 1.807) is 6.20 Å². The summed E-state index contributed by atoms with van der Waals surface area (Å²) in [6.07, 6.45) is 1.78. The molecule has 0 N–H and O–H groups in total. The van der Waals surface area contributed by atoms with Crippen LogP contribution in [0.3, 0.4) is 0 Å². The Morgan fingerprint density at radius 2 is 1.77 bits per heavy atom. The number of rotatable bonds is 0. The van der Waals surface area contributed by atoms with Crippen molar-refractivity contribution in [3.63, 3.8) is 0 Å². The third kappa shape index (κ3) is 2.52. The second-order valence-electron chi connectivity index (χ2n) is 2.49. The first-order valence-electron chi connectivity index (χ1n) is 3.53. The second kappa shape index (κ2) is 5.36. The van der Waals surface area contributed by atoms with Crippen LogP contribution in [-0.4, -0.2) is 4.98 Å². The van der Waals surface area contributed by atoms with Crippen LogP contribution >= 0.6 is 0 Å². The molecule has 0 unspecified atom stereocenters. The average molecular weight is 246 g/mol. The minimum absolute atomic E-state index is 0. The van der Waals surface area contributed by atoms with Crippen LogP contribution in [0.4, 0.5) is 0 Å². The summed E-state index contributed by atoms with van der Waals surface area (Å²) in [5.41, 5.74) is 2.05. The normalized spacial score (nSPS) is 8.62. The molecular weight excluding hydrogens is 235 g/mol. The fourth-order valence-corrected chi connectivity index (χ4v) is 1.16. The van der Waals surface area contributed by atoms with Crippen molar-refractivity contribution in [2.75, 3.05) is 0 Å². The van der Waals surface area contributed by atoms with Crippen molar-refractivity contribution in [2.45, 2.75) is 0 Å². The number of benzene rings is 1. The molecule has 1 aromatic carbocycles. The molecule has 0 amide bonds. The van der Waals surface area contributed by atoms with Crippen molar-refractivity contribution in [1.29, 1.82) is 0 Å². The molecule has 2 rings (SSSR count). The van der Waals surface area contributed by atoms with E-state index >= 15 is 0 Å². The predicted octanol–water partition coefficient (Wildman–Crippen LogP) is 2.86. The molecule has 2 aromatic rings. The van der Waals surface area contributed by atoms with E-state index in [-0.39, 0.29) is 40.1 Å². The van der Waals surface area contributed by atoms with Crippen LogP contribution in [0.25, 0.3) is 10.9 Å². The summed E-state index contributed by atoms with van der Waals surface area (Å²) >= 11 is 0. The number of aromatic nitrogens is 1. The maximum atomic E-state index is 4.20. The van der Waals surface area contributed by atoms with Gasteiger partial charge in [0.1, 0.15) is 0 Å². The molecule has 0 aliphatic rings. The molecule has 0 fully saturated rings. The van der Waals surface area contributed by atoms with E-state index in [4.69, 9.17) is 0 Å². The molecule has 1 heterocycles. The van der Waals surface area contributed by atoms with Gasteiger partial charge in [0.25, 0.3) is 0 Å².